The minimum absolute atomic E-state index is 0.233. The van der Waals surface area contributed by atoms with Crippen LogP contribution in [0.25, 0.3) is 0 Å². The summed E-state index contributed by atoms with van der Waals surface area (Å²) in [6, 6.07) is 9.21. The van der Waals surface area contributed by atoms with Gasteiger partial charge in [0, 0.05) is 28.1 Å². The van der Waals surface area contributed by atoms with Gasteiger partial charge in [0.05, 0.1) is 5.56 Å². The Morgan fingerprint density at radius 1 is 1.28 bits per heavy atom. The minimum Gasteiger partial charge on any atom is -0.478 e. The highest BCUT2D eigenvalue weighted by atomic mass is 35.5. The van der Waals surface area contributed by atoms with Gasteiger partial charge in [0.15, 0.2) is 0 Å². The number of rotatable bonds is 4. The summed E-state index contributed by atoms with van der Waals surface area (Å²) in [5.74, 6) is -0.261. The zero-order valence-corrected chi connectivity index (χ0v) is 10.9. The topological polar surface area (TPSA) is 50.2 Å². The van der Waals surface area contributed by atoms with Gasteiger partial charge in [0.25, 0.3) is 0 Å². The number of benzene rings is 1. The van der Waals surface area contributed by atoms with Gasteiger partial charge in [-0.2, -0.15) is 0 Å². The van der Waals surface area contributed by atoms with E-state index in [0.29, 0.717) is 15.7 Å². The van der Waals surface area contributed by atoms with Gasteiger partial charge in [-0.05, 0) is 23.8 Å². The molecule has 0 aliphatic heterocycles. The zero-order chi connectivity index (χ0) is 13.0. The highest BCUT2D eigenvalue weighted by Crippen LogP contribution is 2.26. The van der Waals surface area contributed by atoms with E-state index in [-0.39, 0.29) is 5.56 Å². The molecule has 0 aliphatic rings. The SMILES string of the molecule is O=C(O)c1cnccc1SCc1ccc(Cl)cc1. The molecule has 0 fully saturated rings. The fourth-order valence-corrected chi connectivity index (χ4v) is 2.50. The second kappa shape index (κ2) is 5.89. The molecule has 92 valence electrons. The second-order valence-electron chi connectivity index (χ2n) is 3.59. The number of aromatic carboxylic acids is 1. The molecule has 0 amide bonds. The number of hydrogen-bond donors (Lipinski definition) is 1. The van der Waals surface area contributed by atoms with Crippen LogP contribution in [0, 0.1) is 0 Å². The Kier molecular flexibility index (Phi) is 4.23. The molecule has 5 heteroatoms. The van der Waals surface area contributed by atoms with Gasteiger partial charge in [-0.15, -0.1) is 11.8 Å². The summed E-state index contributed by atoms with van der Waals surface area (Å²) in [4.78, 5) is 15.5. The molecule has 18 heavy (non-hydrogen) atoms. The summed E-state index contributed by atoms with van der Waals surface area (Å²) in [5, 5.41) is 9.72. The third kappa shape index (κ3) is 3.24. The van der Waals surface area contributed by atoms with Gasteiger partial charge in [-0.3, -0.25) is 4.98 Å². The van der Waals surface area contributed by atoms with Crippen molar-refractivity contribution >= 4 is 29.3 Å². The highest BCUT2D eigenvalue weighted by Gasteiger charge is 2.10. The molecule has 1 N–H and O–H groups in total. The van der Waals surface area contributed by atoms with E-state index in [2.05, 4.69) is 4.98 Å². The number of thioether (sulfide) groups is 1. The molecule has 0 saturated carbocycles. The molecule has 2 rings (SSSR count). The number of hydrogen-bond acceptors (Lipinski definition) is 3. The number of carboxylic acid groups (broad SMARTS) is 1. The predicted molar refractivity (Wildman–Crippen MR) is 72.2 cm³/mol. The molecule has 1 heterocycles. The maximum Gasteiger partial charge on any atom is 0.338 e. The molecule has 0 bridgehead atoms. The van der Waals surface area contributed by atoms with E-state index in [1.807, 2.05) is 24.3 Å². The molecule has 3 nitrogen and oxygen atoms in total. The first-order valence-corrected chi connectivity index (χ1v) is 6.58. The molecule has 0 unspecified atom stereocenters. The molecule has 0 radical (unpaired) electrons. The molecule has 2 aromatic rings. The second-order valence-corrected chi connectivity index (χ2v) is 5.05. The molecule has 0 aliphatic carbocycles. The molecule has 0 spiro atoms. The summed E-state index contributed by atoms with van der Waals surface area (Å²) < 4.78 is 0. The highest BCUT2D eigenvalue weighted by molar-refractivity contribution is 7.98. The van der Waals surface area contributed by atoms with Crippen molar-refractivity contribution in [2.45, 2.75) is 10.6 Å². The molecule has 1 aromatic carbocycles. The fourth-order valence-electron chi connectivity index (χ4n) is 1.41. The Morgan fingerprint density at radius 2 is 2.00 bits per heavy atom. The van der Waals surface area contributed by atoms with Gasteiger partial charge in [-0.1, -0.05) is 23.7 Å². The fraction of sp³-hybridized carbons (Fsp3) is 0.0769. The maximum atomic E-state index is 11.0. The summed E-state index contributed by atoms with van der Waals surface area (Å²) in [6.07, 6.45) is 2.96. The predicted octanol–water partition coefficient (Wildman–Crippen LogP) is 3.73. The lowest BCUT2D eigenvalue weighted by Gasteiger charge is -2.05. The molecular formula is C13H10ClNO2S. The van der Waals surface area contributed by atoms with Gasteiger partial charge >= 0.3 is 5.97 Å². The van der Waals surface area contributed by atoms with Crippen LogP contribution in [0.3, 0.4) is 0 Å². The van der Waals surface area contributed by atoms with E-state index in [9.17, 15) is 4.79 Å². The Labute approximate surface area is 114 Å². The van der Waals surface area contributed by atoms with E-state index < -0.39 is 5.97 Å². The van der Waals surface area contributed by atoms with Crippen LogP contribution in [0.2, 0.25) is 5.02 Å². The van der Waals surface area contributed by atoms with Crippen LogP contribution in [0.1, 0.15) is 15.9 Å². The largest absolute Gasteiger partial charge is 0.478 e. The number of carbonyl (C=O) groups is 1. The lowest BCUT2D eigenvalue weighted by molar-refractivity contribution is 0.0692. The van der Waals surface area contributed by atoms with Gasteiger partial charge in [0.1, 0.15) is 0 Å². The van der Waals surface area contributed by atoms with E-state index in [4.69, 9.17) is 16.7 Å². The van der Waals surface area contributed by atoms with E-state index in [0.717, 1.165) is 5.56 Å². The lowest BCUT2D eigenvalue weighted by Crippen LogP contribution is -1.99. The van der Waals surface area contributed by atoms with Gasteiger partial charge < -0.3 is 5.11 Å². The third-order valence-corrected chi connectivity index (χ3v) is 3.72. The van der Waals surface area contributed by atoms with Crippen molar-refractivity contribution in [1.29, 1.82) is 0 Å². The summed E-state index contributed by atoms with van der Waals surface area (Å²) >= 11 is 7.27. The number of pyridine rings is 1. The Bertz CT molecular complexity index is 557. The number of nitrogens with zero attached hydrogens (tertiary/aromatic N) is 1. The Balaban J connectivity index is 2.10. The Morgan fingerprint density at radius 3 is 2.67 bits per heavy atom. The quantitative estimate of drug-likeness (QED) is 0.867. The number of carboxylic acids is 1. The molecule has 0 saturated heterocycles. The summed E-state index contributed by atoms with van der Waals surface area (Å²) in [6.45, 7) is 0. The van der Waals surface area contributed by atoms with Crippen LogP contribution in [-0.4, -0.2) is 16.1 Å². The van der Waals surface area contributed by atoms with Gasteiger partial charge in [0.2, 0.25) is 0 Å². The van der Waals surface area contributed by atoms with E-state index >= 15 is 0 Å². The average Bonchev–Trinajstić information content (AvgIpc) is 2.38. The molecular weight excluding hydrogens is 270 g/mol. The van der Waals surface area contributed by atoms with E-state index in [1.54, 1.807) is 12.3 Å². The first-order valence-electron chi connectivity index (χ1n) is 5.21. The first-order chi connectivity index (χ1) is 8.66. The molecule has 0 atom stereocenters. The maximum absolute atomic E-state index is 11.0. The monoisotopic (exact) mass is 279 g/mol. The van der Waals surface area contributed by atoms with Crippen molar-refractivity contribution < 1.29 is 9.90 Å². The average molecular weight is 280 g/mol. The minimum atomic E-state index is -0.957. The van der Waals surface area contributed by atoms with Crippen LogP contribution >= 0.6 is 23.4 Å². The van der Waals surface area contributed by atoms with Crippen LogP contribution in [0.15, 0.2) is 47.6 Å². The van der Waals surface area contributed by atoms with Crippen molar-refractivity contribution in [3.05, 3.63) is 58.9 Å². The van der Waals surface area contributed by atoms with Crippen molar-refractivity contribution in [2.75, 3.05) is 0 Å². The van der Waals surface area contributed by atoms with Crippen LogP contribution in [0.5, 0.6) is 0 Å². The number of halogens is 1. The van der Waals surface area contributed by atoms with Crippen LogP contribution in [0.4, 0.5) is 0 Å². The summed E-state index contributed by atoms with van der Waals surface area (Å²) in [7, 11) is 0. The number of aromatic nitrogens is 1. The van der Waals surface area contributed by atoms with E-state index in [1.165, 1.54) is 18.0 Å². The van der Waals surface area contributed by atoms with Crippen LogP contribution < -0.4 is 0 Å². The van der Waals surface area contributed by atoms with Crippen LogP contribution in [-0.2, 0) is 5.75 Å². The lowest BCUT2D eigenvalue weighted by atomic mass is 10.2. The van der Waals surface area contributed by atoms with Crippen molar-refractivity contribution in [2.24, 2.45) is 0 Å². The third-order valence-electron chi connectivity index (χ3n) is 2.32. The Hall–Kier alpha value is -1.52. The van der Waals surface area contributed by atoms with Crippen molar-refractivity contribution in [3.8, 4) is 0 Å². The van der Waals surface area contributed by atoms with Crippen molar-refractivity contribution in [1.82, 2.24) is 4.98 Å². The smallest absolute Gasteiger partial charge is 0.338 e. The molecule has 1 aromatic heterocycles. The zero-order valence-electron chi connectivity index (χ0n) is 9.34. The van der Waals surface area contributed by atoms with Gasteiger partial charge in [-0.25, -0.2) is 4.79 Å². The first kappa shape index (κ1) is 12.9. The summed E-state index contributed by atoms with van der Waals surface area (Å²) in [5.41, 5.74) is 1.33. The normalized spacial score (nSPS) is 10.3. The standard InChI is InChI=1S/C13H10ClNO2S/c14-10-3-1-9(2-4-10)8-18-12-5-6-15-7-11(12)13(16)17/h1-7H,8H2,(H,16,17). The van der Waals surface area contributed by atoms with Crippen molar-refractivity contribution in [3.63, 3.8) is 0 Å².